The van der Waals surface area contributed by atoms with Crippen molar-refractivity contribution < 1.29 is 19.0 Å². The molecule has 0 radical (unpaired) electrons. The molecule has 0 aliphatic carbocycles. The fraction of sp³-hybridized carbons (Fsp3) is 0.125. The van der Waals surface area contributed by atoms with Gasteiger partial charge in [0.25, 0.3) is 5.91 Å². The maximum Gasteiger partial charge on any atom is 0.277 e. The van der Waals surface area contributed by atoms with Crippen LogP contribution in [0.15, 0.2) is 71.8 Å². The van der Waals surface area contributed by atoms with Crippen molar-refractivity contribution in [2.45, 2.75) is 0 Å². The number of nitrogens with one attached hydrogen (secondary N) is 1. The molecule has 3 aromatic rings. The molecule has 0 aliphatic rings. The van der Waals surface area contributed by atoms with Gasteiger partial charge in [-0.05, 0) is 59.2 Å². The van der Waals surface area contributed by atoms with Crippen LogP contribution in [0, 0.1) is 11.3 Å². The minimum absolute atomic E-state index is 0.167. The Balaban J connectivity index is 1.50. The van der Waals surface area contributed by atoms with E-state index in [2.05, 4.69) is 16.6 Å². The van der Waals surface area contributed by atoms with Crippen LogP contribution in [0.1, 0.15) is 11.1 Å². The molecule has 0 fully saturated rings. The molecule has 1 N–H and O–H groups in total. The lowest BCUT2D eigenvalue weighted by molar-refractivity contribution is -0.123. The monoisotopic (exact) mass is 415 g/mol. The summed E-state index contributed by atoms with van der Waals surface area (Å²) in [4.78, 5) is 12.0. The summed E-state index contributed by atoms with van der Waals surface area (Å²) < 4.78 is 15.9. The lowest BCUT2D eigenvalue weighted by Crippen LogP contribution is -2.24. The number of ether oxygens (including phenoxy) is 3. The molecule has 0 aromatic heterocycles. The first kappa shape index (κ1) is 21.4. The second-order valence-corrected chi connectivity index (χ2v) is 6.41. The summed E-state index contributed by atoms with van der Waals surface area (Å²) in [7, 11) is 3.11. The van der Waals surface area contributed by atoms with E-state index in [9.17, 15) is 4.79 Å². The molecule has 0 unspecified atom stereocenters. The van der Waals surface area contributed by atoms with Gasteiger partial charge in [-0.15, -0.1) is 0 Å². The summed E-state index contributed by atoms with van der Waals surface area (Å²) in [6.07, 6.45) is 1.51. The van der Waals surface area contributed by atoms with E-state index in [1.54, 1.807) is 56.7 Å². The van der Waals surface area contributed by atoms with Crippen molar-refractivity contribution >= 4 is 12.1 Å². The van der Waals surface area contributed by atoms with Crippen molar-refractivity contribution in [2.75, 3.05) is 20.8 Å². The smallest absolute Gasteiger partial charge is 0.277 e. The third kappa shape index (κ3) is 5.84. The summed E-state index contributed by atoms with van der Waals surface area (Å²) in [5, 5.41) is 12.8. The minimum atomic E-state index is -0.382. The van der Waals surface area contributed by atoms with Crippen LogP contribution >= 0.6 is 0 Å². The SMILES string of the molecule is COc1ccc(/C=N/NC(=O)COc2ccc(-c3ccc(C#N)cc3)cc2)cc1OC. The van der Waals surface area contributed by atoms with E-state index < -0.39 is 0 Å². The first-order valence-corrected chi connectivity index (χ1v) is 9.40. The van der Waals surface area contributed by atoms with Gasteiger partial charge < -0.3 is 14.2 Å². The molecule has 7 nitrogen and oxygen atoms in total. The van der Waals surface area contributed by atoms with Crippen molar-refractivity contribution in [3.05, 3.63) is 77.9 Å². The van der Waals surface area contributed by atoms with Crippen LogP contribution in [0.4, 0.5) is 0 Å². The van der Waals surface area contributed by atoms with Crippen molar-refractivity contribution in [1.82, 2.24) is 5.43 Å². The molecular weight excluding hydrogens is 394 g/mol. The van der Waals surface area contributed by atoms with Gasteiger partial charge in [-0.3, -0.25) is 4.79 Å². The number of nitriles is 1. The minimum Gasteiger partial charge on any atom is -0.493 e. The number of carbonyl (C=O) groups excluding carboxylic acids is 1. The second-order valence-electron chi connectivity index (χ2n) is 6.41. The molecule has 7 heteroatoms. The topological polar surface area (TPSA) is 92.9 Å². The van der Waals surface area contributed by atoms with Gasteiger partial charge in [0.15, 0.2) is 18.1 Å². The lowest BCUT2D eigenvalue weighted by Gasteiger charge is -2.08. The van der Waals surface area contributed by atoms with E-state index in [1.165, 1.54) is 6.21 Å². The third-order valence-corrected chi connectivity index (χ3v) is 4.38. The number of carbonyl (C=O) groups is 1. The second kappa shape index (κ2) is 10.5. The van der Waals surface area contributed by atoms with Crippen molar-refractivity contribution in [2.24, 2.45) is 5.10 Å². The van der Waals surface area contributed by atoms with Crippen LogP contribution in [0.25, 0.3) is 11.1 Å². The van der Waals surface area contributed by atoms with Gasteiger partial charge in [0.05, 0.1) is 32.1 Å². The summed E-state index contributed by atoms with van der Waals surface area (Å²) >= 11 is 0. The molecule has 3 rings (SSSR count). The van der Waals surface area contributed by atoms with E-state index in [4.69, 9.17) is 19.5 Å². The number of methoxy groups -OCH3 is 2. The van der Waals surface area contributed by atoms with Gasteiger partial charge in [-0.1, -0.05) is 24.3 Å². The van der Waals surface area contributed by atoms with Crippen LogP contribution < -0.4 is 19.6 Å². The highest BCUT2D eigenvalue weighted by Crippen LogP contribution is 2.27. The fourth-order valence-electron chi connectivity index (χ4n) is 2.77. The molecule has 0 saturated heterocycles. The zero-order valence-corrected chi connectivity index (χ0v) is 17.2. The van der Waals surface area contributed by atoms with Gasteiger partial charge in [0, 0.05) is 0 Å². The molecule has 3 aromatic carbocycles. The van der Waals surface area contributed by atoms with Crippen molar-refractivity contribution in [1.29, 1.82) is 5.26 Å². The zero-order valence-electron chi connectivity index (χ0n) is 17.2. The predicted molar refractivity (Wildman–Crippen MR) is 117 cm³/mol. The maximum atomic E-state index is 12.0. The summed E-state index contributed by atoms with van der Waals surface area (Å²) in [5.41, 5.74) is 5.76. The van der Waals surface area contributed by atoms with Gasteiger partial charge in [0.1, 0.15) is 5.75 Å². The quantitative estimate of drug-likeness (QED) is 0.447. The standard InChI is InChI=1S/C24H21N3O4/c1-29-22-12-5-18(13-23(22)30-2)15-26-27-24(28)16-31-21-10-8-20(9-11-21)19-6-3-17(14-25)4-7-19/h3-13,15H,16H2,1-2H3,(H,27,28)/b26-15+. The molecule has 0 saturated carbocycles. The summed E-state index contributed by atoms with van der Waals surface area (Å²) in [6.45, 7) is -0.167. The Morgan fingerprint density at radius 2 is 1.61 bits per heavy atom. The molecule has 0 aliphatic heterocycles. The molecule has 1 amide bonds. The molecule has 156 valence electrons. The number of rotatable bonds is 8. The number of hydrazone groups is 1. The van der Waals surface area contributed by atoms with Gasteiger partial charge in [0.2, 0.25) is 0 Å². The molecule has 0 spiro atoms. The Bertz CT molecular complexity index is 1100. The Morgan fingerprint density at radius 1 is 0.968 bits per heavy atom. The van der Waals surface area contributed by atoms with Gasteiger partial charge >= 0.3 is 0 Å². The normalized spacial score (nSPS) is 10.4. The Hall–Kier alpha value is -4.31. The first-order valence-electron chi connectivity index (χ1n) is 9.40. The molecular formula is C24H21N3O4. The third-order valence-electron chi connectivity index (χ3n) is 4.38. The van der Waals surface area contributed by atoms with Crippen molar-refractivity contribution in [3.63, 3.8) is 0 Å². The van der Waals surface area contributed by atoms with Crippen LogP contribution in [0.5, 0.6) is 17.2 Å². The molecule has 31 heavy (non-hydrogen) atoms. The highest BCUT2D eigenvalue weighted by molar-refractivity contribution is 5.83. The van der Waals surface area contributed by atoms with Crippen LogP contribution in [-0.2, 0) is 4.79 Å². The van der Waals surface area contributed by atoms with E-state index in [-0.39, 0.29) is 12.5 Å². The number of hydrogen-bond acceptors (Lipinski definition) is 6. The molecule has 0 bridgehead atoms. The zero-order chi connectivity index (χ0) is 22.1. The van der Waals surface area contributed by atoms with E-state index in [0.717, 1.165) is 16.7 Å². The van der Waals surface area contributed by atoms with Crippen molar-refractivity contribution in [3.8, 4) is 34.4 Å². The number of hydrogen-bond donors (Lipinski definition) is 1. The summed E-state index contributed by atoms with van der Waals surface area (Å²) in [6, 6.07) is 22.1. The van der Waals surface area contributed by atoms with E-state index in [0.29, 0.717) is 22.8 Å². The highest BCUT2D eigenvalue weighted by atomic mass is 16.5. The van der Waals surface area contributed by atoms with Gasteiger partial charge in [-0.2, -0.15) is 10.4 Å². The number of amides is 1. The van der Waals surface area contributed by atoms with Crippen LogP contribution in [0.3, 0.4) is 0 Å². The van der Waals surface area contributed by atoms with Gasteiger partial charge in [-0.25, -0.2) is 5.43 Å². The average Bonchev–Trinajstić information content (AvgIpc) is 2.83. The number of nitrogens with zero attached hydrogens (tertiary/aromatic N) is 2. The lowest BCUT2D eigenvalue weighted by atomic mass is 10.0. The predicted octanol–water partition coefficient (Wildman–Crippen LogP) is 3.77. The Labute approximate surface area is 180 Å². The fourth-order valence-corrected chi connectivity index (χ4v) is 2.77. The van der Waals surface area contributed by atoms with Crippen LogP contribution in [-0.4, -0.2) is 32.9 Å². The Morgan fingerprint density at radius 3 is 2.23 bits per heavy atom. The largest absolute Gasteiger partial charge is 0.493 e. The maximum absolute atomic E-state index is 12.0. The molecule has 0 heterocycles. The van der Waals surface area contributed by atoms with E-state index in [1.807, 2.05) is 24.3 Å². The van der Waals surface area contributed by atoms with Crippen LogP contribution in [0.2, 0.25) is 0 Å². The number of benzene rings is 3. The summed E-state index contributed by atoms with van der Waals surface area (Å²) in [5.74, 6) is 1.37. The average molecular weight is 415 g/mol. The highest BCUT2D eigenvalue weighted by Gasteiger charge is 2.05. The Kier molecular flexibility index (Phi) is 7.22. The van der Waals surface area contributed by atoms with E-state index >= 15 is 0 Å². The molecule has 0 atom stereocenters. The first-order chi connectivity index (χ1) is 15.1.